The number of benzene rings is 3. The summed E-state index contributed by atoms with van der Waals surface area (Å²) in [6.07, 6.45) is 0. The van der Waals surface area contributed by atoms with Crippen molar-refractivity contribution in [3.05, 3.63) is 74.8 Å². The first kappa shape index (κ1) is 13.3. The van der Waals surface area contributed by atoms with Gasteiger partial charge in [0, 0.05) is 18.8 Å². The normalized spacial score (nSPS) is 11.3. The van der Waals surface area contributed by atoms with Gasteiger partial charge < -0.3 is 4.57 Å². The molecular weight excluding hydrogens is 437 g/mol. The van der Waals surface area contributed by atoms with Crippen LogP contribution in [0.15, 0.2) is 71.2 Å². The fourth-order valence-corrected chi connectivity index (χ4v) is 3.79. The van der Waals surface area contributed by atoms with E-state index in [1.165, 1.54) is 31.1 Å². The van der Waals surface area contributed by atoms with Crippen LogP contribution in [-0.2, 0) is 0 Å². The summed E-state index contributed by atoms with van der Waals surface area (Å²) in [5.74, 6) is 0. The maximum absolute atomic E-state index is 3.68. The molecule has 0 bridgehead atoms. The van der Waals surface area contributed by atoms with Gasteiger partial charge in [0.2, 0.25) is 0 Å². The Labute approximate surface area is 144 Å². The summed E-state index contributed by atoms with van der Waals surface area (Å²) in [4.78, 5) is 0. The molecule has 21 heavy (non-hydrogen) atoms. The highest BCUT2D eigenvalue weighted by atomic mass is 127. The lowest BCUT2D eigenvalue weighted by Crippen LogP contribution is -1.94. The molecule has 0 spiro atoms. The molecule has 0 saturated heterocycles. The van der Waals surface area contributed by atoms with Gasteiger partial charge in [-0.1, -0.05) is 30.3 Å². The largest absolute Gasteiger partial charge is 0.308 e. The fourth-order valence-electron chi connectivity index (χ4n) is 2.84. The number of fused-ring (bicyclic) bond motifs is 3. The van der Waals surface area contributed by atoms with E-state index in [9.17, 15) is 0 Å². The summed E-state index contributed by atoms with van der Waals surface area (Å²) in [6.45, 7) is 0. The van der Waals surface area contributed by atoms with Gasteiger partial charge >= 0.3 is 0 Å². The summed E-state index contributed by atoms with van der Waals surface area (Å²) in [5, 5.41) is 2.59. The van der Waals surface area contributed by atoms with Crippen molar-refractivity contribution in [2.45, 2.75) is 0 Å². The Morgan fingerprint density at radius 3 is 2.33 bits per heavy atom. The molecule has 0 atom stereocenters. The number of nitrogens with zero attached hydrogens (tertiary/aromatic N) is 1. The van der Waals surface area contributed by atoms with E-state index in [1.807, 2.05) is 6.07 Å². The first-order chi connectivity index (χ1) is 10.3. The minimum atomic E-state index is 1.10. The molecule has 0 unspecified atom stereocenters. The third-order valence-electron chi connectivity index (χ3n) is 3.73. The third-order valence-corrected chi connectivity index (χ3v) is 5.07. The lowest BCUT2D eigenvalue weighted by Gasteiger charge is -2.09. The molecule has 0 N–H and O–H groups in total. The fraction of sp³-hybridized carbons (Fsp3) is 0. The van der Waals surface area contributed by atoms with E-state index in [0.29, 0.717) is 0 Å². The maximum Gasteiger partial charge on any atom is 0.0604 e. The molecule has 0 aliphatic heterocycles. The summed E-state index contributed by atoms with van der Waals surface area (Å²) >= 11 is 6.05. The Kier molecular flexibility index (Phi) is 3.27. The quantitative estimate of drug-likeness (QED) is 0.308. The second kappa shape index (κ2) is 5.14. The van der Waals surface area contributed by atoms with E-state index in [4.69, 9.17) is 0 Å². The Morgan fingerprint density at radius 1 is 0.762 bits per heavy atom. The highest BCUT2D eigenvalue weighted by Crippen LogP contribution is 2.34. The number of halogens is 2. The zero-order chi connectivity index (χ0) is 14.4. The Hall–Kier alpha value is -1.33. The van der Waals surface area contributed by atoms with Crippen LogP contribution in [-0.4, -0.2) is 4.57 Å². The van der Waals surface area contributed by atoms with E-state index < -0.39 is 0 Å². The van der Waals surface area contributed by atoms with Gasteiger partial charge in [0.05, 0.1) is 16.7 Å². The van der Waals surface area contributed by atoms with Crippen molar-refractivity contribution in [2.24, 2.45) is 0 Å². The lowest BCUT2D eigenvalue weighted by atomic mass is 10.2. The van der Waals surface area contributed by atoms with Crippen molar-refractivity contribution in [1.82, 2.24) is 4.57 Å². The second-order valence-electron chi connectivity index (χ2n) is 4.97. The number of rotatable bonds is 1. The van der Waals surface area contributed by atoms with Gasteiger partial charge in [-0.3, -0.25) is 0 Å². The van der Waals surface area contributed by atoms with Crippen molar-refractivity contribution < 1.29 is 0 Å². The molecule has 0 amide bonds. The predicted octanol–water partition coefficient (Wildman–Crippen LogP) is 6.15. The van der Waals surface area contributed by atoms with Crippen molar-refractivity contribution in [3.63, 3.8) is 0 Å². The van der Waals surface area contributed by atoms with Crippen LogP contribution in [0.2, 0.25) is 0 Å². The molecule has 1 aromatic heterocycles. The molecule has 102 valence electrons. The monoisotopic (exact) mass is 447 g/mol. The number of aromatic nitrogens is 1. The van der Waals surface area contributed by atoms with Crippen LogP contribution in [0.25, 0.3) is 27.5 Å². The molecule has 0 radical (unpaired) electrons. The molecule has 1 heterocycles. The van der Waals surface area contributed by atoms with Gasteiger partial charge in [0.15, 0.2) is 0 Å². The number of para-hydroxylation sites is 2. The van der Waals surface area contributed by atoms with E-state index in [1.54, 1.807) is 0 Å². The minimum absolute atomic E-state index is 1.10. The van der Waals surface area contributed by atoms with Crippen molar-refractivity contribution >= 4 is 60.3 Å². The molecule has 0 aliphatic rings. The summed E-state index contributed by atoms with van der Waals surface area (Å²) < 4.78 is 4.69. The molecule has 3 aromatic carbocycles. The zero-order valence-corrected chi connectivity index (χ0v) is 14.8. The Morgan fingerprint density at radius 2 is 1.48 bits per heavy atom. The van der Waals surface area contributed by atoms with Crippen LogP contribution in [0, 0.1) is 3.57 Å². The minimum Gasteiger partial charge on any atom is -0.308 e. The van der Waals surface area contributed by atoms with E-state index in [-0.39, 0.29) is 0 Å². The summed E-state index contributed by atoms with van der Waals surface area (Å²) in [5.41, 5.74) is 3.65. The standard InChI is InChI=1S/C18H11BrIN/c19-15-6-2-4-8-18(15)21-16-7-3-1-5-13(16)14-11-12(20)9-10-17(14)21/h1-11H. The summed E-state index contributed by atoms with van der Waals surface area (Å²) in [6, 6.07) is 23.6. The topological polar surface area (TPSA) is 4.93 Å². The zero-order valence-electron chi connectivity index (χ0n) is 11.1. The highest BCUT2D eigenvalue weighted by Gasteiger charge is 2.13. The van der Waals surface area contributed by atoms with E-state index >= 15 is 0 Å². The smallest absolute Gasteiger partial charge is 0.0604 e. The maximum atomic E-state index is 3.68. The molecule has 4 rings (SSSR count). The van der Waals surface area contributed by atoms with E-state index in [0.717, 1.165) is 4.47 Å². The van der Waals surface area contributed by atoms with Gasteiger partial charge in [-0.05, 0) is 74.9 Å². The molecule has 3 heteroatoms. The van der Waals surface area contributed by atoms with E-state index in [2.05, 4.69) is 104 Å². The van der Waals surface area contributed by atoms with Gasteiger partial charge in [0.1, 0.15) is 0 Å². The van der Waals surface area contributed by atoms with Gasteiger partial charge in [-0.25, -0.2) is 0 Å². The highest BCUT2D eigenvalue weighted by molar-refractivity contribution is 14.1. The van der Waals surface area contributed by atoms with Crippen LogP contribution >= 0.6 is 38.5 Å². The Bertz CT molecular complexity index is 971. The molecule has 4 aromatic rings. The average Bonchev–Trinajstić information content (AvgIpc) is 2.82. The average molecular weight is 448 g/mol. The molecule has 0 fully saturated rings. The van der Waals surface area contributed by atoms with Crippen LogP contribution in [0.5, 0.6) is 0 Å². The van der Waals surface area contributed by atoms with Crippen molar-refractivity contribution in [2.75, 3.05) is 0 Å². The first-order valence-corrected chi connectivity index (χ1v) is 8.56. The Balaban J connectivity index is 2.23. The molecule has 0 aliphatic carbocycles. The van der Waals surface area contributed by atoms with Gasteiger partial charge in [0.25, 0.3) is 0 Å². The number of hydrogen-bond acceptors (Lipinski definition) is 0. The van der Waals surface area contributed by atoms with Crippen LogP contribution in [0.4, 0.5) is 0 Å². The summed E-state index contributed by atoms with van der Waals surface area (Å²) in [7, 11) is 0. The SMILES string of the molecule is Brc1ccccc1-n1c2ccccc2c2cc(I)ccc21. The molecule has 0 saturated carbocycles. The van der Waals surface area contributed by atoms with Crippen LogP contribution in [0.1, 0.15) is 0 Å². The van der Waals surface area contributed by atoms with Crippen LogP contribution < -0.4 is 0 Å². The first-order valence-electron chi connectivity index (χ1n) is 6.69. The predicted molar refractivity (Wildman–Crippen MR) is 101 cm³/mol. The van der Waals surface area contributed by atoms with Crippen molar-refractivity contribution in [1.29, 1.82) is 0 Å². The van der Waals surface area contributed by atoms with Crippen LogP contribution in [0.3, 0.4) is 0 Å². The molecule has 1 nitrogen and oxygen atoms in total. The molecular formula is C18H11BrIN. The van der Waals surface area contributed by atoms with Crippen molar-refractivity contribution in [3.8, 4) is 5.69 Å². The van der Waals surface area contributed by atoms with Gasteiger partial charge in [-0.2, -0.15) is 0 Å². The lowest BCUT2D eigenvalue weighted by molar-refractivity contribution is 1.17. The number of hydrogen-bond donors (Lipinski definition) is 0. The van der Waals surface area contributed by atoms with Gasteiger partial charge in [-0.15, -0.1) is 0 Å². The second-order valence-corrected chi connectivity index (χ2v) is 7.07. The third kappa shape index (κ3) is 2.10.